The van der Waals surface area contributed by atoms with Crippen molar-refractivity contribution in [3.05, 3.63) is 46.6 Å². The quantitative estimate of drug-likeness (QED) is 0.543. The third kappa shape index (κ3) is 5.02. The highest BCUT2D eigenvalue weighted by Gasteiger charge is 2.41. The van der Waals surface area contributed by atoms with Crippen LogP contribution in [0.15, 0.2) is 36.7 Å². The Hall–Kier alpha value is -2.95. The molecule has 2 amide bonds. The van der Waals surface area contributed by atoms with Gasteiger partial charge in [0.15, 0.2) is 11.7 Å². The Bertz CT molecular complexity index is 1170. The fourth-order valence-corrected chi connectivity index (χ4v) is 4.76. The molecule has 2 N–H and O–H groups in total. The van der Waals surface area contributed by atoms with E-state index in [1.165, 1.54) is 29.7 Å². The molecule has 2 aromatic heterocycles. The Labute approximate surface area is 200 Å². The van der Waals surface area contributed by atoms with E-state index in [1.54, 1.807) is 17.0 Å². The summed E-state index contributed by atoms with van der Waals surface area (Å²) in [4.78, 5) is 37.9. The van der Waals surface area contributed by atoms with Crippen LogP contribution in [-0.2, 0) is 20.9 Å². The monoisotopic (exact) mass is 489 g/mol. The molecule has 1 fully saturated rings. The van der Waals surface area contributed by atoms with Crippen LogP contribution in [0.4, 0.5) is 5.82 Å². The lowest BCUT2D eigenvalue weighted by Crippen LogP contribution is -2.63. The van der Waals surface area contributed by atoms with Gasteiger partial charge in [-0.2, -0.15) is 0 Å². The van der Waals surface area contributed by atoms with Crippen molar-refractivity contribution in [1.29, 1.82) is 0 Å². The van der Waals surface area contributed by atoms with Crippen molar-refractivity contribution in [1.82, 2.24) is 19.8 Å². The molecule has 4 rings (SSSR count). The number of halogens is 1. The smallest absolute Gasteiger partial charge is 0.261 e. The molecule has 11 heteroatoms. The molecule has 33 heavy (non-hydrogen) atoms. The highest BCUT2D eigenvalue weighted by molar-refractivity contribution is 7.17. The van der Waals surface area contributed by atoms with E-state index in [4.69, 9.17) is 26.8 Å². The SMILES string of the molecule is COCC1C(=O)N(Cc2ccc3c(N)ncnc3c2)C(C)CN1C(=O)COc1ccc(Cl)s1. The Balaban J connectivity index is 1.49. The van der Waals surface area contributed by atoms with Crippen LogP contribution in [0, 0.1) is 0 Å². The number of benzene rings is 1. The van der Waals surface area contributed by atoms with Crippen LogP contribution in [0.3, 0.4) is 0 Å². The number of nitrogen functional groups attached to an aromatic ring is 1. The predicted molar refractivity (Wildman–Crippen MR) is 126 cm³/mol. The number of methoxy groups -OCH3 is 1. The zero-order chi connectivity index (χ0) is 23.5. The molecule has 1 saturated heterocycles. The van der Waals surface area contributed by atoms with Crippen molar-refractivity contribution < 1.29 is 19.1 Å². The highest BCUT2D eigenvalue weighted by Crippen LogP contribution is 2.28. The Kier molecular flexibility index (Phi) is 6.96. The summed E-state index contributed by atoms with van der Waals surface area (Å²) in [5.74, 6) is -0.0416. The normalized spacial score (nSPS) is 18.7. The second kappa shape index (κ2) is 9.90. The molecular weight excluding hydrogens is 466 g/mol. The number of fused-ring (bicyclic) bond motifs is 1. The van der Waals surface area contributed by atoms with Crippen molar-refractivity contribution in [3.63, 3.8) is 0 Å². The molecule has 9 nitrogen and oxygen atoms in total. The standard InChI is InChI=1S/C22H24ClN5O4S/c1-13-8-28(19(29)11-32-20-6-5-18(23)33-20)17(10-31-2)22(30)27(13)9-14-3-4-15-16(7-14)25-12-26-21(15)24/h3-7,12-13,17H,8-11H2,1-2H3,(H2,24,25,26). The molecule has 1 aliphatic rings. The minimum absolute atomic E-state index is 0.0973. The van der Waals surface area contributed by atoms with Gasteiger partial charge in [0.1, 0.15) is 18.2 Å². The van der Waals surface area contributed by atoms with Crippen molar-refractivity contribution in [3.8, 4) is 5.06 Å². The van der Waals surface area contributed by atoms with E-state index >= 15 is 0 Å². The number of amides is 2. The van der Waals surface area contributed by atoms with Gasteiger partial charge in [-0.1, -0.05) is 29.0 Å². The molecule has 174 valence electrons. The van der Waals surface area contributed by atoms with Gasteiger partial charge in [-0.3, -0.25) is 9.59 Å². The second-order valence-corrected chi connectivity index (χ2v) is 9.47. The Morgan fingerprint density at radius 3 is 2.85 bits per heavy atom. The lowest BCUT2D eigenvalue weighted by Gasteiger charge is -2.44. The van der Waals surface area contributed by atoms with E-state index in [0.29, 0.717) is 33.8 Å². The predicted octanol–water partition coefficient (Wildman–Crippen LogP) is 2.58. The second-order valence-electron chi connectivity index (χ2n) is 7.79. The average Bonchev–Trinajstić information content (AvgIpc) is 3.22. The average molecular weight is 490 g/mol. The van der Waals surface area contributed by atoms with Crippen LogP contribution in [0.25, 0.3) is 10.9 Å². The van der Waals surface area contributed by atoms with Crippen molar-refractivity contribution in [2.45, 2.75) is 25.6 Å². The van der Waals surface area contributed by atoms with Gasteiger partial charge in [0, 0.05) is 31.6 Å². The Morgan fingerprint density at radius 1 is 1.30 bits per heavy atom. The summed E-state index contributed by atoms with van der Waals surface area (Å²) in [7, 11) is 1.51. The van der Waals surface area contributed by atoms with Gasteiger partial charge >= 0.3 is 0 Å². The summed E-state index contributed by atoms with van der Waals surface area (Å²) in [6.45, 7) is 2.59. The number of ether oxygens (including phenoxy) is 2. The largest absolute Gasteiger partial charge is 0.474 e. The zero-order valence-corrected chi connectivity index (χ0v) is 19.8. The van der Waals surface area contributed by atoms with Gasteiger partial charge in [-0.25, -0.2) is 9.97 Å². The lowest BCUT2D eigenvalue weighted by molar-refractivity contribution is -0.158. The number of carbonyl (C=O) groups is 2. The van der Waals surface area contributed by atoms with Crippen LogP contribution >= 0.6 is 22.9 Å². The first-order chi connectivity index (χ1) is 15.9. The fraction of sp³-hybridized carbons (Fsp3) is 0.364. The molecule has 0 spiro atoms. The number of hydrogen-bond donors (Lipinski definition) is 1. The molecule has 0 saturated carbocycles. The fourth-order valence-electron chi connectivity index (χ4n) is 3.89. The van der Waals surface area contributed by atoms with Gasteiger partial charge in [0.25, 0.3) is 5.91 Å². The van der Waals surface area contributed by atoms with Gasteiger partial charge < -0.3 is 25.0 Å². The van der Waals surface area contributed by atoms with Crippen molar-refractivity contribution in [2.75, 3.05) is 32.6 Å². The maximum Gasteiger partial charge on any atom is 0.261 e. The number of thiophene rings is 1. The first-order valence-electron chi connectivity index (χ1n) is 10.3. The molecule has 0 bridgehead atoms. The number of nitrogens with zero attached hydrogens (tertiary/aromatic N) is 4. The third-order valence-corrected chi connectivity index (χ3v) is 6.70. The van der Waals surface area contributed by atoms with Gasteiger partial charge in [-0.05, 0) is 36.8 Å². The topological polar surface area (TPSA) is 111 Å². The summed E-state index contributed by atoms with van der Waals surface area (Å²) >= 11 is 7.16. The number of anilines is 1. The molecule has 0 aliphatic carbocycles. The van der Waals surface area contributed by atoms with E-state index in [9.17, 15) is 9.59 Å². The molecule has 2 unspecified atom stereocenters. The van der Waals surface area contributed by atoms with Gasteiger partial charge in [0.2, 0.25) is 5.91 Å². The maximum absolute atomic E-state index is 13.4. The Morgan fingerprint density at radius 2 is 2.12 bits per heavy atom. The van der Waals surface area contributed by atoms with Crippen LogP contribution in [0.1, 0.15) is 12.5 Å². The maximum atomic E-state index is 13.4. The van der Waals surface area contributed by atoms with Crippen molar-refractivity contribution >= 4 is 51.5 Å². The highest BCUT2D eigenvalue weighted by atomic mass is 35.5. The van der Waals surface area contributed by atoms with Crippen molar-refractivity contribution in [2.24, 2.45) is 0 Å². The number of rotatable bonds is 7. The molecule has 3 aromatic rings. The van der Waals surface area contributed by atoms with E-state index < -0.39 is 6.04 Å². The number of piperazine rings is 1. The molecule has 2 atom stereocenters. The number of carbonyl (C=O) groups excluding carboxylic acids is 2. The minimum atomic E-state index is -0.729. The summed E-state index contributed by atoms with van der Waals surface area (Å²) in [5, 5.41) is 1.32. The van der Waals surface area contributed by atoms with E-state index in [-0.39, 0.29) is 31.1 Å². The minimum Gasteiger partial charge on any atom is -0.474 e. The van der Waals surface area contributed by atoms with Crippen LogP contribution in [0.2, 0.25) is 4.34 Å². The summed E-state index contributed by atoms with van der Waals surface area (Å²) in [6, 6.07) is 8.15. The number of hydrogen-bond acceptors (Lipinski definition) is 8. The van der Waals surface area contributed by atoms with E-state index in [2.05, 4.69) is 9.97 Å². The molecule has 0 radical (unpaired) electrons. The zero-order valence-electron chi connectivity index (χ0n) is 18.2. The number of nitrogens with two attached hydrogens (primary N) is 1. The first-order valence-corrected chi connectivity index (χ1v) is 11.5. The van der Waals surface area contributed by atoms with E-state index in [1.807, 2.05) is 25.1 Å². The van der Waals surface area contributed by atoms with Crippen LogP contribution < -0.4 is 10.5 Å². The van der Waals surface area contributed by atoms with E-state index in [0.717, 1.165) is 10.9 Å². The third-order valence-electron chi connectivity index (χ3n) is 5.55. The summed E-state index contributed by atoms with van der Waals surface area (Å²) in [6.07, 6.45) is 1.42. The molecule has 3 heterocycles. The summed E-state index contributed by atoms with van der Waals surface area (Å²) < 4.78 is 11.4. The molecule has 1 aliphatic heterocycles. The van der Waals surface area contributed by atoms with Crippen LogP contribution in [0.5, 0.6) is 5.06 Å². The number of aromatic nitrogens is 2. The van der Waals surface area contributed by atoms with Gasteiger partial charge in [0.05, 0.1) is 16.5 Å². The molecular formula is C22H24ClN5O4S. The molecule has 1 aromatic carbocycles. The summed E-state index contributed by atoms with van der Waals surface area (Å²) in [5.41, 5.74) is 7.54. The lowest BCUT2D eigenvalue weighted by atomic mass is 10.0. The van der Waals surface area contributed by atoms with Crippen LogP contribution in [-0.4, -0.2) is 70.5 Å². The van der Waals surface area contributed by atoms with Gasteiger partial charge in [-0.15, -0.1) is 0 Å². The first kappa shape index (κ1) is 23.2.